The highest BCUT2D eigenvalue weighted by atomic mass is 32.1. The van der Waals surface area contributed by atoms with Crippen LogP contribution in [0.1, 0.15) is 0 Å². The van der Waals surface area contributed by atoms with Gasteiger partial charge in [-0.1, -0.05) is 97.1 Å². The normalized spacial score (nSPS) is 11.0. The summed E-state index contributed by atoms with van der Waals surface area (Å²) in [6, 6.07) is 49.2. The summed E-state index contributed by atoms with van der Waals surface area (Å²) < 4.78 is 8.41. The van der Waals surface area contributed by atoms with Gasteiger partial charge in [0.25, 0.3) is 0 Å². The zero-order valence-electron chi connectivity index (χ0n) is 21.6. The van der Waals surface area contributed by atoms with Gasteiger partial charge < -0.3 is 4.42 Å². The average molecular weight is 533 g/mol. The minimum absolute atomic E-state index is 0.950. The summed E-state index contributed by atoms with van der Waals surface area (Å²) in [5.74, 6) is 0. The lowest BCUT2D eigenvalue weighted by atomic mass is 10.2. The van der Waals surface area contributed by atoms with E-state index in [0.29, 0.717) is 0 Å². The van der Waals surface area contributed by atoms with E-state index in [4.69, 9.17) is 4.42 Å². The van der Waals surface area contributed by atoms with Crippen LogP contribution in [0.15, 0.2) is 150 Å². The van der Waals surface area contributed by atoms with Crippen LogP contribution < -0.4 is 0 Å². The van der Waals surface area contributed by atoms with Crippen LogP contribution in [-0.2, 0) is 0 Å². The molecule has 3 aromatic heterocycles. The Morgan fingerprint density at radius 3 is 1.10 bits per heavy atom. The molecule has 0 bridgehead atoms. The SMILES string of the molecule is c1ccc2c(c1)oc1ccccc12.c1ccc2c(c1)sc1ccccc12.c1ccc2nc3ccccc3nc2c1. The highest BCUT2D eigenvalue weighted by molar-refractivity contribution is 7.25. The highest BCUT2D eigenvalue weighted by Gasteiger charge is 2.03. The fourth-order valence-electron chi connectivity index (χ4n) is 4.92. The molecule has 0 aliphatic rings. The number of rotatable bonds is 0. The molecule has 0 N–H and O–H groups in total. The van der Waals surface area contributed by atoms with Gasteiger partial charge in [0.15, 0.2) is 0 Å². The van der Waals surface area contributed by atoms with Gasteiger partial charge in [-0.3, -0.25) is 0 Å². The second kappa shape index (κ2) is 10.6. The maximum atomic E-state index is 5.65. The number of hydrogen-bond donors (Lipinski definition) is 0. The number of benzene rings is 6. The van der Waals surface area contributed by atoms with Crippen molar-refractivity contribution in [3.63, 3.8) is 0 Å². The van der Waals surface area contributed by atoms with E-state index >= 15 is 0 Å². The van der Waals surface area contributed by atoms with Crippen LogP contribution >= 0.6 is 11.3 Å². The summed E-state index contributed by atoms with van der Waals surface area (Å²) in [5, 5.41) is 5.14. The number of aromatic nitrogens is 2. The molecule has 9 aromatic rings. The van der Waals surface area contributed by atoms with Crippen LogP contribution in [0, 0.1) is 0 Å². The first-order valence-corrected chi connectivity index (χ1v) is 14.0. The molecule has 4 heteroatoms. The van der Waals surface area contributed by atoms with Gasteiger partial charge in [-0.25, -0.2) is 9.97 Å². The quantitative estimate of drug-likeness (QED) is 0.182. The third kappa shape index (κ3) is 4.66. The first-order chi connectivity index (χ1) is 19.8. The lowest BCUT2D eigenvalue weighted by Crippen LogP contribution is -1.85. The van der Waals surface area contributed by atoms with E-state index in [2.05, 4.69) is 70.6 Å². The summed E-state index contributed by atoms with van der Waals surface area (Å²) in [6.45, 7) is 0. The van der Waals surface area contributed by atoms with Gasteiger partial charge in [-0.15, -0.1) is 11.3 Å². The van der Waals surface area contributed by atoms with Crippen molar-refractivity contribution in [2.75, 3.05) is 0 Å². The van der Waals surface area contributed by atoms with Crippen molar-refractivity contribution < 1.29 is 4.42 Å². The molecule has 0 radical (unpaired) electrons. The lowest BCUT2D eigenvalue weighted by molar-refractivity contribution is 0.669. The van der Waals surface area contributed by atoms with Crippen LogP contribution in [0.3, 0.4) is 0 Å². The molecule has 0 spiro atoms. The smallest absolute Gasteiger partial charge is 0.135 e. The topological polar surface area (TPSA) is 38.9 Å². The van der Waals surface area contributed by atoms with Crippen molar-refractivity contribution >= 4 is 75.5 Å². The lowest BCUT2D eigenvalue weighted by Gasteiger charge is -1.98. The first-order valence-electron chi connectivity index (χ1n) is 13.2. The molecule has 0 atom stereocenters. The van der Waals surface area contributed by atoms with E-state index < -0.39 is 0 Å². The number of fused-ring (bicyclic) bond motifs is 8. The van der Waals surface area contributed by atoms with Gasteiger partial charge in [0.2, 0.25) is 0 Å². The Morgan fingerprint density at radius 1 is 0.350 bits per heavy atom. The Kier molecular flexibility index (Phi) is 6.36. The molecule has 40 heavy (non-hydrogen) atoms. The van der Waals surface area contributed by atoms with E-state index in [1.165, 1.54) is 30.9 Å². The molecule has 0 aliphatic heterocycles. The van der Waals surface area contributed by atoms with Gasteiger partial charge in [0, 0.05) is 30.9 Å². The molecule has 3 heterocycles. The van der Waals surface area contributed by atoms with E-state index in [1.807, 2.05) is 96.3 Å². The zero-order valence-corrected chi connectivity index (χ0v) is 22.4. The third-order valence-corrected chi connectivity index (χ3v) is 7.97. The van der Waals surface area contributed by atoms with Crippen molar-refractivity contribution in [1.82, 2.24) is 9.97 Å². The summed E-state index contributed by atoms with van der Waals surface area (Å²) in [6.07, 6.45) is 0. The number of hydrogen-bond acceptors (Lipinski definition) is 4. The first kappa shape index (κ1) is 24.0. The van der Waals surface area contributed by atoms with Crippen LogP contribution in [0.4, 0.5) is 0 Å². The van der Waals surface area contributed by atoms with Crippen molar-refractivity contribution in [3.05, 3.63) is 146 Å². The van der Waals surface area contributed by atoms with Crippen LogP contribution in [-0.4, -0.2) is 9.97 Å². The number of thiophene rings is 1. The molecule has 190 valence electrons. The third-order valence-electron chi connectivity index (χ3n) is 6.81. The molecule has 0 saturated carbocycles. The predicted molar refractivity (Wildman–Crippen MR) is 170 cm³/mol. The predicted octanol–water partition coefficient (Wildman–Crippen LogP) is 10.4. The number of para-hydroxylation sites is 6. The molecule has 0 fully saturated rings. The van der Waals surface area contributed by atoms with Gasteiger partial charge >= 0.3 is 0 Å². The Labute approximate surface area is 235 Å². The summed E-state index contributed by atoms with van der Waals surface area (Å²) in [4.78, 5) is 9.03. The average Bonchev–Trinajstić information content (AvgIpc) is 3.59. The summed E-state index contributed by atoms with van der Waals surface area (Å²) in [5.41, 5.74) is 5.72. The zero-order chi connectivity index (χ0) is 26.7. The van der Waals surface area contributed by atoms with Crippen LogP contribution in [0.5, 0.6) is 0 Å². The Morgan fingerprint density at radius 2 is 0.675 bits per heavy atom. The molecular formula is C36H24N2OS. The maximum Gasteiger partial charge on any atom is 0.135 e. The molecule has 0 saturated heterocycles. The Hall–Kier alpha value is -5.06. The molecule has 0 amide bonds. The summed E-state index contributed by atoms with van der Waals surface area (Å²) in [7, 11) is 0. The van der Waals surface area contributed by atoms with Crippen molar-refractivity contribution in [1.29, 1.82) is 0 Å². The van der Waals surface area contributed by atoms with Crippen molar-refractivity contribution in [3.8, 4) is 0 Å². The van der Waals surface area contributed by atoms with Crippen LogP contribution in [0.25, 0.3) is 64.2 Å². The van der Waals surface area contributed by atoms with Gasteiger partial charge in [-0.2, -0.15) is 0 Å². The van der Waals surface area contributed by atoms with E-state index in [0.717, 1.165) is 33.2 Å². The van der Waals surface area contributed by atoms with Crippen LogP contribution in [0.2, 0.25) is 0 Å². The molecule has 0 unspecified atom stereocenters. The number of nitrogens with zero attached hydrogens (tertiary/aromatic N) is 2. The fraction of sp³-hybridized carbons (Fsp3) is 0. The second-order valence-corrected chi connectivity index (χ2v) is 10.5. The minimum atomic E-state index is 0.950. The molecule has 9 rings (SSSR count). The summed E-state index contributed by atoms with van der Waals surface area (Å²) >= 11 is 1.86. The Bertz CT molecular complexity index is 1930. The van der Waals surface area contributed by atoms with Gasteiger partial charge in [-0.05, 0) is 48.5 Å². The van der Waals surface area contributed by atoms with E-state index in [-0.39, 0.29) is 0 Å². The second-order valence-electron chi connectivity index (χ2n) is 9.39. The monoisotopic (exact) mass is 532 g/mol. The molecule has 0 aliphatic carbocycles. The van der Waals surface area contributed by atoms with Gasteiger partial charge in [0.1, 0.15) is 11.2 Å². The van der Waals surface area contributed by atoms with E-state index in [9.17, 15) is 0 Å². The van der Waals surface area contributed by atoms with E-state index in [1.54, 1.807) is 0 Å². The minimum Gasteiger partial charge on any atom is -0.456 e. The Balaban J connectivity index is 0.0000000993. The van der Waals surface area contributed by atoms with Gasteiger partial charge in [0.05, 0.1) is 22.1 Å². The molecule has 6 aromatic carbocycles. The highest BCUT2D eigenvalue weighted by Crippen LogP contribution is 2.33. The van der Waals surface area contributed by atoms with Crippen molar-refractivity contribution in [2.45, 2.75) is 0 Å². The fourth-order valence-corrected chi connectivity index (χ4v) is 6.02. The largest absolute Gasteiger partial charge is 0.456 e. The standard InChI is InChI=1S/C12H8N2.C12H8O.C12H8S/c1-2-6-10-9(5-1)13-11-7-3-4-8-12(11)14-10;2*1-3-7-11-9(5-1)10-6-2-4-8-12(10)13-11/h1-8H;2*1-8H. The molecular weight excluding hydrogens is 508 g/mol. The van der Waals surface area contributed by atoms with Crippen molar-refractivity contribution in [2.24, 2.45) is 0 Å². The maximum absolute atomic E-state index is 5.65. The number of furan rings is 1. The molecule has 3 nitrogen and oxygen atoms in total.